The third-order valence-electron chi connectivity index (χ3n) is 5.48. The number of methoxy groups -OCH3 is 1. The number of H-pyrrole nitrogens is 1. The van der Waals surface area contributed by atoms with E-state index in [9.17, 15) is 4.79 Å². The maximum Gasteiger partial charge on any atom is 0.331 e. The summed E-state index contributed by atoms with van der Waals surface area (Å²) < 4.78 is 12.7. The lowest BCUT2D eigenvalue weighted by Crippen LogP contribution is -2.00. The van der Waals surface area contributed by atoms with Gasteiger partial charge in [0.15, 0.2) is 11.5 Å². The molecule has 0 amide bonds. The van der Waals surface area contributed by atoms with E-state index in [2.05, 4.69) is 16.9 Å². The molecule has 7 nitrogen and oxygen atoms in total. The standard InChI is InChI=1S/C26H26N4O3S/c1-6-7-14-33-19-13-12-16(2)15-20(19)34-25-22(27-4)21(26(31)32-5)24-28-23(29-30(24)25)18-11-9-8-10-17(18)3/h8-13,15H,6-7,14H2,1-3,5H3,(H,28,29). The Kier molecular flexibility index (Phi) is 6.94. The molecule has 4 aromatic rings. The molecule has 0 aliphatic rings. The molecular weight excluding hydrogens is 448 g/mol. The fourth-order valence-corrected chi connectivity index (χ4v) is 4.81. The predicted octanol–water partition coefficient (Wildman–Crippen LogP) is 6.61. The number of fused-ring (bicyclic) bond motifs is 1. The van der Waals surface area contributed by atoms with E-state index in [0.29, 0.717) is 23.1 Å². The zero-order chi connectivity index (χ0) is 24.2. The average Bonchev–Trinajstić information content (AvgIpc) is 3.37. The summed E-state index contributed by atoms with van der Waals surface area (Å²) in [5.41, 5.74) is 3.75. The molecule has 2 heterocycles. The Morgan fingerprint density at radius 1 is 1.24 bits per heavy atom. The minimum Gasteiger partial charge on any atom is -0.492 e. The van der Waals surface area contributed by atoms with Gasteiger partial charge in [-0.05, 0) is 43.5 Å². The van der Waals surface area contributed by atoms with Gasteiger partial charge in [-0.2, -0.15) is 0 Å². The molecule has 8 heteroatoms. The lowest BCUT2D eigenvalue weighted by molar-refractivity contribution is 0.0604. The molecule has 0 bridgehead atoms. The third kappa shape index (κ3) is 4.39. The van der Waals surface area contributed by atoms with E-state index >= 15 is 0 Å². The number of hydrogen-bond acceptors (Lipinski definition) is 5. The molecule has 0 aliphatic carbocycles. The molecule has 0 atom stereocenters. The molecule has 0 saturated carbocycles. The van der Waals surface area contributed by atoms with Gasteiger partial charge in [0.25, 0.3) is 0 Å². The van der Waals surface area contributed by atoms with Crippen molar-refractivity contribution in [3.05, 3.63) is 70.6 Å². The maximum atomic E-state index is 12.7. The normalized spacial score (nSPS) is 10.9. The van der Waals surface area contributed by atoms with Gasteiger partial charge in [0.05, 0.1) is 25.2 Å². The van der Waals surface area contributed by atoms with Crippen LogP contribution in [0.3, 0.4) is 0 Å². The number of rotatable bonds is 8. The Morgan fingerprint density at radius 3 is 2.74 bits per heavy atom. The van der Waals surface area contributed by atoms with E-state index in [4.69, 9.17) is 21.0 Å². The van der Waals surface area contributed by atoms with Crippen LogP contribution in [0.15, 0.2) is 52.4 Å². The topological polar surface area (TPSA) is 73.0 Å². The summed E-state index contributed by atoms with van der Waals surface area (Å²) in [7, 11) is 1.31. The molecule has 4 rings (SSSR count). The van der Waals surface area contributed by atoms with Crippen LogP contribution in [0.2, 0.25) is 0 Å². The van der Waals surface area contributed by atoms with Crippen LogP contribution >= 0.6 is 11.8 Å². The lowest BCUT2D eigenvalue weighted by atomic mass is 10.1. The van der Waals surface area contributed by atoms with Crippen molar-refractivity contribution in [2.24, 2.45) is 0 Å². The highest BCUT2D eigenvalue weighted by atomic mass is 32.2. The highest BCUT2D eigenvalue weighted by Gasteiger charge is 2.29. The van der Waals surface area contributed by atoms with Crippen LogP contribution in [-0.2, 0) is 4.74 Å². The van der Waals surface area contributed by atoms with Crippen molar-refractivity contribution in [3.8, 4) is 17.1 Å². The fraction of sp³-hybridized carbons (Fsp3) is 0.269. The number of ether oxygens (including phenoxy) is 2. The van der Waals surface area contributed by atoms with Crippen molar-refractivity contribution in [1.29, 1.82) is 0 Å². The van der Waals surface area contributed by atoms with Crippen molar-refractivity contribution in [1.82, 2.24) is 14.6 Å². The predicted molar refractivity (Wildman–Crippen MR) is 133 cm³/mol. The van der Waals surface area contributed by atoms with Gasteiger partial charge in [0.1, 0.15) is 16.3 Å². The van der Waals surface area contributed by atoms with Gasteiger partial charge in [0, 0.05) is 5.56 Å². The smallest absolute Gasteiger partial charge is 0.331 e. The van der Waals surface area contributed by atoms with E-state index in [1.165, 1.54) is 18.9 Å². The van der Waals surface area contributed by atoms with Crippen LogP contribution in [0.4, 0.5) is 5.69 Å². The van der Waals surface area contributed by atoms with Gasteiger partial charge in [-0.1, -0.05) is 55.4 Å². The zero-order valence-electron chi connectivity index (χ0n) is 19.6. The number of aromatic amines is 1. The van der Waals surface area contributed by atoms with Crippen LogP contribution in [-0.4, -0.2) is 34.3 Å². The number of aryl methyl sites for hydroxylation is 2. The number of hydrogen-bond donors (Lipinski definition) is 1. The van der Waals surface area contributed by atoms with Crippen LogP contribution in [0.1, 0.15) is 41.3 Å². The first-order valence-corrected chi connectivity index (χ1v) is 11.9. The summed E-state index contributed by atoms with van der Waals surface area (Å²) in [6.45, 7) is 14.6. The second-order valence-corrected chi connectivity index (χ2v) is 8.96. The first kappa shape index (κ1) is 23.5. The Morgan fingerprint density at radius 2 is 2.03 bits per heavy atom. The zero-order valence-corrected chi connectivity index (χ0v) is 20.5. The molecule has 0 saturated heterocycles. The van der Waals surface area contributed by atoms with Gasteiger partial charge >= 0.3 is 5.97 Å². The molecular formula is C26H26N4O3S. The van der Waals surface area contributed by atoms with Gasteiger partial charge in [-0.3, -0.25) is 5.10 Å². The highest BCUT2D eigenvalue weighted by Crippen LogP contribution is 2.44. The summed E-state index contributed by atoms with van der Waals surface area (Å²) in [4.78, 5) is 22.0. The Hall–Kier alpha value is -3.70. The van der Waals surface area contributed by atoms with Crippen molar-refractivity contribution >= 4 is 29.1 Å². The molecule has 0 radical (unpaired) electrons. The second-order valence-electron chi connectivity index (χ2n) is 7.93. The first-order chi connectivity index (χ1) is 16.5. The second kappa shape index (κ2) is 10.1. The van der Waals surface area contributed by atoms with Gasteiger partial charge in [-0.15, -0.1) is 0 Å². The van der Waals surface area contributed by atoms with Gasteiger partial charge in [-0.25, -0.2) is 19.1 Å². The lowest BCUT2D eigenvalue weighted by Gasteiger charge is -2.12. The Labute approximate surface area is 202 Å². The molecule has 0 unspecified atom stereocenters. The molecule has 0 aliphatic heterocycles. The summed E-state index contributed by atoms with van der Waals surface area (Å²) >= 11 is 1.37. The average molecular weight is 475 g/mol. The molecule has 34 heavy (non-hydrogen) atoms. The van der Waals surface area contributed by atoms with Crippen molar-refractivity contribution in [3.63, 3.8) is 0 Å². The third-order valence-corrected chi connectivity index (χ3v) is 6.58. The summed E-state index contributed by atoms with van der Waals surface area (Å²) in [5, 5.41) is 3.85. The van der Waals surface area contributed by atoms with Crippen molar-refractivity contribution < 1.29 is 14.3 Å². The highest BCUT2D eigenvalue weighted by molar-refractivity contribution is 7.99. The number of esters is 1. The van der Waals surface area contributed by atoms with Crippen molar-refractivity contribution in [2.75, 3.05) is 13.7 Å². The van der Waals surface area contributed by atoms with Crippen molar-refractivity contribution in [2.45, 2.75) is 43.5 Å². The van der Waals surface area contributed by atoms with E-state index in [1.807, 2.05) is 56.3 Å². The number of nitrogens with one attached hydrogen (secondary N) is 1. The molecule has 1 N–H and O–H groups in total. The number of benzene rings is 2. The first-order valence-electron chi connectivity index (χ1n) is 11.1. The maximum absolute atomic E-state index is 12.7. The Bertz CT molecular complexity index is 1400. The summed E-state index contributed by atoms with van der Waals surface area (Å²) in [5.74, 6) is 0.760. The van der Waals surface area contributed by atoms with Gasteiger partial charge < -0.3 is 9.47 Å². The van der Waals surface area contributed by atoms with Crippen LogP contribution in [0.25, 0.3) is 21.9 Å². The van der Waals surface area contributed by atoms with E-state index in [1.54, 1.807) is 4.52 Å². The molecule has 0 spiro atoms. The summed E-state index contributed by atoms with van der Waals surface area (Å²) in [6.07, 6.45) is 1.99. The SMILES string of the molecule is [C-]#[N+]c1c(C(=O)OC)c2nc(-c3ccccc3C)[nH]n2c1Sc1cc(C)ccc1OCCCC. The number of carbonyl (C=O) groups excluding carboxylic acids is 1. The van der Waals surface area contributed by atoms with Crippen LogP contribution < -0.4 is 4.74 Å². The number of nitrogens with zero attached hydrogens (tertiary/aromatic N) is 3. The largest absolute Gasteiger partial charge is 0.492 e. The molecule has 2 aromatic carbocycles. The fourth-order valence-electron chi connectivity index (χ4n) is 3.66. The number of unbranched alkanes of at least 4 members (excludes halogenated alkanes) is 1. The van der Waals surface area contributed by atoms with Gasteiger partial charge in [0.2, 0.25) is 5.69 Å². The summed E-state index contributed by atoms with van der Waals surface area (Å²) in [6, 6.07) is 13.8. The minimum absolute atomic E-state index is 0.150. The minimum atomic E-state index is -0.596. The van der Waals surface area contributed by atoms with E-state index in [-0.39, 0.29) is 11.3 Å². The number of carbonyl (C=O) groups is 1. The van der Waals surface area contributed by atoms with Crippen LogP contribution in [0.5, 0.6) is 5.75 Å². The monoisotopic (exact) mass is 474 g/mol. The molecule has 2 aromatic heterocycles. The number of aromatic nitrogens is 3. The van der Waals surface area contributed by atoms with E-state index < -0.39 is 5.97 Å². The van der Waals surface area contributed by atoms with Crippen LogP contribution in [0, 0.1) is 20.4 Å². The quantitative estimate of drug-likeness (QED) is 0.177. The molecule has 174 valence electrons. The molecule has 0 fully saturated rings. The Balaban J connectivity index is 1.89. The van der Waals surface area contributed by atoms with E-state index in [0.717, 1.165) is 40.2 Å².